The fourth-order valence-corrected chi connectivity index (χ4v) is 3.18. The van der Waals surface area contributed by atoms with E-state index in [1.54, 1.807) is 48.1 Å². The summed E-state index contributed by atoms with van der Waals surface area (Å²) in [7, 11) is 0. The van der Waals surface area contributed by atoms with Gasteiger partial charge in [-0.1, -0.05) is 22.4 Å². The number of nitrogens with zero attached hydrogens (tertiary/aromatic N) is 6. The van der Waals surface area contributed by atoms with Crippen LogP contribution in [0.1, 0.15) is 23.0 Å². The van der Waals surface area contributed by atoms with Gasteiger partial charge in [0, 0.05) is 22.4 Å². The zero-order chi connectivity index (χ0) is 24.0. The van der Waals surface area contributed by atoms with Gasteiger partial charge in [0.2, 0.25) is 6.34 Å². The monoisotopic (exact) mass is 470 g/mol. The summed E-state index contributed by atoms with van der Waals surface area (Å²) in [6.45, 7) is 2.04. The van der Waals surface area contributed by atoms with Gasteiger partial charge in [0.25, 0.3) is 5.91 Å². The highest BCUT2D eigenvalue weighted by atomic mass is 35.5. The third kappa shape index (κ3) is 5.65. The summed E-state index contributed by atoms with van der Waals surface area (Å²) in [5.74, 6) is -1.19. The topological polar surface area (TPSA) is 110 Å². The molecule has 1 unspecified atom stereocenters. The van der Waals surface area contributed by atoms with Crippen molar-refractivity contribution in [3.05, 3.63) is 83.3 Å². The van der Waals surface area contributed by atoms with Gasteiger partial charge in [-0.05, 0) is 37.3 Å². The van der Waals surface area contributed by atoms with Crippen molar-refractivity contribution in [1.29, 1.82) is 5.26 Å². The highest BCUT2D eigenvalue weighted by molar-refractivity contribution is 6.32. The van der Waals surface area contributed by atoms with E-state index in [0.717, 1.165) is 0 Å². The quantitative estimate of drug-likeness (QED) is 0.568. The highest BCUT2D eigenvalue weighted by Crippen LogP contribution is 2.27. The van der Waals surface area contributed by atoms with Crippen LogP contribution >= 0.6 is 11.6 Å². The molecule has 0 bridgehead atoms. The molecule has 0 aliphatic carbocycles. The Hall–Kier alpha value is -3.94. The number of carbonyl (C=O) groups is 1. The molecule has 3 heterocycles. The third-order valence-electron chi connectivity index (χ3n) is 4.76. The molecule has 1 amide bonds. The molecule has 2 atom stereocenters. The first-order valence-corrected chi connectivity index (χ1v) is 10.0. The lowest BCUT2D eigenvalue weighted by Crippen LogP contribution is -2.42. The summed E-state index contributed by atoms with van der Waals surface area (Å²) in [4.78, 5) is 17.8. The van der Waals surface area contributed by atoms with Crippen LogP contribution in [-0.4, -0.2) is 37.8 Å². The average molecular weight is 471 g/mol. The molecule has 1 aromatic carbocycles. The van der Waals surface area contributed by atoms with E-state index < -0.39 is 22.5 Å². The summed E-state index contributed by atoms with van der Waals surface area (Å²) in [5, 5.41) is 13.2. The number of quaternary nitrogens is 1. The molecular weight excluding hydrogens is 452 g/mol. The summed E-state index contributed by atoms with van der Waals surface area (Å²) in [6.07, 6.45) is 7.18. The normalized spacial score (nSPS) is 17.2. The zero-order valence-corrected chi connectivity index (χ0v) is 18.2. The minimum Gasteiger partial charge on any atom is -0.364 e. The van der Waals surface area contributed by atoms with Crippen molar-refractivity contribution in [3.8, 4) is 17.3 Å². The molecule has 11 heteroatoms. The number of pyridine rings is 1. The van der Waals surface area contributed by atoms with Crippen molar-refractivity contribution >= 4 is 23.8 Å². The van der Waals surface area contributed by atoms with Crippen LogP contribution in [0, 0.1) is 17.1 Å². The van der Waals surface area contributed by atoms with Gasteiger partial charge in [-0.15, -0.1) is 0 Å². The molecule has 2 N–H and O–H groups in total. The van der Waals surface area contributed by atoms with E-state index in [1.807, 2.05) is 0 Å². The number of aliphatic imine (C=N–C) groups is 1. The SMILES string of the molecule is CC(Cn1ccc(-c2cc(F)c(C#N)c(Cl)c2)n1)[N@+]1(F)C=CN=C1.NC(=O)c1ccccn1. The van der Waals surface area contributed by atoms with E-state index in [4.69, 9.17) is 22.6 Å². The van der Waals surface area contributed by atoms with Gasteiger partial charge < -0.3 is 5.73 Å². The molecule has 0 radical (unpaired) electrons. The Kier molecular flexibility index (Phi) is 7.27. The van der Waals surface area contributed by atoms with E-state index >= 15 is 0 Å². The molecule has 33 heavy (non-hydrogen) atoms. The molecule has 1 aliphatic heterocycles. The summed E-state index contributed by atoms with van der Waals surface area (Å²) < 4.78 is 29.0. The Morgan fingerprint density at radius 2 is 2.15 bits per heavy atom. The largest absolute Gasteiger partial charge is 0.364 e. The first-order chi connectivity index (χ1) is 15.7. The highest BCUT2D eigenvalue weighted by Gasteiger charge is 2.35. The zero-order valence-electron chi connectivity index (χ0n) is 17.4. The maximum Gasteiger partial charge on any atom is 0.267 e. The van der Waals surface area contributed by atoms with E-state index in [-0.39, 0.29) is 10.6 Å². The van der Waals surface area contributed by atoms with Crippen LogP contribution in [0.25, 0.3) is 11.3 Å². The first-order valence-electron chi connectivity index (χ1n) is 9.67. The number of primary amides is 1. The molecule has 0 saturated heterocycles. The lowest BCUT2D eigenvalue weighted by molar-refractivity contribution is -0.950. The third-order valence-corrected chi connectivity index (χ3v) is 5.06. The summed E-state index contributed by atoms with van der Waals surface area (Å²) in [6, 6.07) is 10.7. The maximum absolute atomic E-state index is 14.5. The van der Waals surface area contributed by atoms with Gasteiger partial charge >= 0.3 is 0 Å². The molecule has 4 rings (SSSR count). The van der Waals surface area contributed by atoms with Crippen LogP contribution in [0.4, 0.5) is 8.87 Å². The molecule has 3 aromatic rings. The number of hydrogen-bond donors (Lipinski definition) is 1. The second kappa shape index (κ2) is 10.1. The molecule has 0 spiro atoms. The minimum absolute atomic E-state index is 0.0297. The Morgan fingerprint density at radius 3 is 2.70 bits per heavy atom. The second-order valence-electron chi connectivity index (χ2n) is 7.08. The number of rotatable bonds is 5. The second-order valence-corrected chi connectivity index (χ2v) is 7.49. The van der Waals surface area contributed by atoms with E-state index in [1.165, 1.54) is 37.1 Å². The number of aromatic nitrogens is 3. The van der Waals surface area contributed by atoms with Crippen molar-refractivity contribution < 1.29 is 18.4 Å². The number of halogens is 3. The fourth-order valence-electron chi connectivity index (χ4n) is 2.93. The Morgan fingerprint density at radius 1 is 1.36 bits per heavy atom. The van der Waals surface area contributed by atoms with Crippen LogP contribution < -0.4 is 5.73 Å². The van der Waals surface area contributed by atoms with Gasteiger partial charge in [-0.25, -0.2) is 9.38 Å². The molecule has 2 aromatic heterocycles. The average Bonchev–Trinajstić information content (AvgIpc) is 3.44. The van der Waals surface area contributed by atoms with E-state index in [0.29, 0.717) is 23.5 Å². The molecule has 0 fully saturated rings. The van der Waals surface area contributed by atoms with Gasteiger partial charge in [-0.2, -0.15) is 10.4 Å². The van der Waals surface area contributed by atoms with Crippen molar-refractivity contribution in [2.45, 2.75) is 19.5 Å². The molecule has 8 nitrogen and oxygen atoms in total. The van der Waals surface area contributed by atoms with Crippen molar-refractivity contribution in [2.24, 2.45) is 10.7 Å². The van der Waals surface area contributed by atoms with Gasteiger partial charge in [0.05, 0.1) is 23.5 Å². The Bertz CT molecular complexity index is 1220. The number of benzene rings is 1. The van der Waals surface area contributed by atoms with Crippen molar-refractivity contribution in [2.75, 3.05) is 0 Å². The van der Waals surface area contributed by atoms with E-state index in [9.17, 15) is 13.7 Å². The van der Waals surface area contributed by atoms with Crippen molar-refractivity contribution in [1.82, 2.24) is 14.8 Å². The molecular formula is C22H19ClF2N7O+. The standard InChI is InChI=1S/C16H13ClF2N5.C6H6N2O/c1-11(24(19)5-3-21-10-24)9-23-4-2-16(22-23)12-6-14(17)13(8-20)15(18)7-12;7-6(9)5-3-1-2-4-8-5/h2-7,10-11H,9H2,1H3;1-4H,(H2,7,9)/q+1;/t11?,24-;/m0./s1. The van der Waals surface area contributed by atoms with Crippen LogP contribution in [0.2, 0.25) is 5.02 Å². The number of amides is 1. The smallest absolute Gasteiger partial charge is 0.267 e. The van der Waals surface area contributed by atoms with Crippen molar-refractivity contribution in [3.63, 3.8) is 0 Å². The number of nitrogens with two attached hydrogens (primary N) is 1. The fraction of sp³-hybridized carbons (Fsp3) is 0.136. The summed E-state index contributed by atoms with van der Waals surface area (Å²) in [5.41, 5.74) is 5.96. The molecule has 1 aliphatic rings. The minimum atomic E-state index is -0.896. The molecule has 0 saturated carbocycles. The molecule has 168 valence electrons. The Balaban J connectivity index is 0.000000286. The predicted molar refractivity (Wildman–Crippen MR) is 119 cm³/mol. The number of nitriles is 1. The Labute approximate surface area is 193 Å². The van der Waals surface area contributed by atoms with Gasteiger partial charge in [-0.3, -0.25) is 14.5 Å². The van der Waals surface area contributed by atoms with Crippen LogP contribution in [0.15, 0.2) is 66.2 Å². The van der Waals surface area contributed by atoms with Gasteiger partial charge in [0.1, 0.15) is 23.1 Å². The van der Waals surface area contributed by atoms with Crippen LogP contribution in [0.5, 0.6) is 0 Å². The lowest BCUT2D eigenvalue weighted by atomic mass is 10.1. The van der Waals surface area contributed by atoms with Crippen LogP contribution in [-0.2, 0) is 6.54 Å². The number of carbonyl (C=O) groups excluding carboxylic acids is 1. The predicted octanol–water partition coefficient (Wildman–Crippen LogP) is 4.00. The van der Waals surface area contributed by atoms with Crippen LogP contribution in [0.3, 0.4) is 0 Å². The maximum atomic E-state index is 14.5. The number of hydrogen-bond acceptors (Lipinski definition) is 5. The lowest BCUT2D eigenvalue weighted by Gasteiger charge is -2.21. The summed E-state index contributed by atoms with van der Waals surface area (Å²) >= 11 is 5.91. The first kappa shape index (κ1) is 23.7. The van der Waals surface area contributed by atoms with Gasteiger partial charge in [0.15, 0.2) is 12.2 Å². The van der Waals surface area contributed by atoms with E-state index in [2.05, 4.69) is 15.1 Å².